The second kappa shape index (κ2) is 15.4. The number of nitrogens with zero attached hydrogens (tertiary/aromatic N) is 2. The molecule has 0 radical (unpaired) electrons. The second-order valence-corrected chi connectivity index (χ2v) is 14.1. The Labute approximate surface area is 302 Å². The molecule has 1 aromatic heterocycles. The number of hydrogen-bond acceptors (Lipinski definition) is 3. The molecule has 6 rings (SSSR count). The molecule has 0 spiro atoms. The number of aryl methyl sites for hydroxylation is 3. The molecule has 1 heterocycles. The van der Waals surface area contributed by atoms with Crippen LogP contribution in [0.5, 0.6) is 5.75 Å². The van der Waals surface area contributed by atoms with Gasteiger partial charge in [0.2, 0.25) is 0 Å². The number of fused-ring (bicyclic) bond motifs is 5. The third-order valence-electron chi connectivity index (χ3n) is 10.3. The minimum absolute atomic E-state index is 0.105. The highest BCUT2D eigenvalue weighted by atomic mass is 19.3. The van der Waals surface area contributed by atoms with E-state index in [0.29, 0.717) is 18.1 Å². The third kappa shape index (κ3) is 7.39. The molecule has 8 heteroatoms. The van der Waals surface area contributed by atoms with Gasteiger partial charge in [0.25, 0.3) is 0 Å². The van der Waals surface area contributed by atoms with Crippen LogP contribution in [-0.4, -0.2) is 34.4 Å². The molecule has 1 N–H and O–H groups in total. The molecule has 1 atom stereocenters. The molecule has 0 saturated carbocycles. The summed E-state index contributed by atoms with van der Waals surface area (Å²) in [6.45, 7) is 10.1. The van der Waals surface area contributed by atoms with Crippen molar-refractivity contribution >= 4 is 38.3 Å². The summed E-state index contributed by atoms with van der Waals surface area (Å²) in [4.78, 5) is 0. The number of alkyl halides is 4. The molecule has 0 aliphatic rings. The Balaban J connectivity index is 1.50. The number of rotatable bonds is 14. The van der Waals surface area contributed by atoms with E-state index in [2.05, 4.69) is 85.1 Å². The Morgan fingerprint density at radius 3 is 2.17 bits per heavy atom. The molecule has 6 aromatic rings. The third-order valence-corrected chi connectivity index (χ3v) is 10.3. The number of ether oxygens (including phenoxy) is 1. The lowest BCUT2D eigenvalue weighted by Crippen LogP contribution is -2.33. The van der Waals surface area contributed by atoms with Gasteiger partial charge in [0.1, 0.15) is 11.5 Å². The van der Waals surface area contributed by atoms with Crippen LogP contribution in [0.3, 0.4) is 0 Å². The van der Waals surface area contributed by atoms with Gasteiger partial charge in [-0.1, -0.05) is 98.4 Å². The summed E-state index contributed by atoms with van der Waals surface area (Å²) in [5.41, 5.74) is 9.80. The van der Waals surface area contributed by atoms with Crippen molar-refractivity contribution in [3.8, 4) is 5.75 Å². The minimum Gasteiger partial charge on any atom is -0.487 e. The lowest BCUT2D eigenvalue weighted by atomic mass is 9.91. The first-order valence-corrected chi connectivity index (χ1v) is 18.1. The van der Waals surface area contributed by atoms with Crippen molar-refractivity contribution in [1.29, 1.82) is 0 Å². The molecular weight excluding hydrogens is 664 g/mol. The van der Waals surface area contributed by atoms with Gasteiger partial charge in [0.05, 0.1) is 5.52 Å². The molecule has 52 heavy (non-hydrogen) atoms. The Morgan fingerprint density at radius 1 is 0.846 bits per heavy atom. The summed E-state index contributed by atoms with van der Waals surface area (Å²) >= 11 is 0. The number of hydrogen-bond donors (Lipinski definition) is 1. The van der Waals surface area contributed by atoms with Crippen molar-refractivity contribution in [3.63, 3.8) is 0 Å². The van der Waals surface area contributed by atoms with Crippen molar-refractivity contribution in [2.24, 2.45) is 11.1 Å². The summed E-state index contributed by atoms with van der Waals surface area (Å²) in [6, 6.07) is 27.9. The number of unbranched alkanes of at least 4 members (excludes halogenated alkanes) is 1. The van der Waals surface area contributed by atoms with E-state index in [9.17, 15) is 22.8 Å². The Hall–Kier alpha value is -4.85. The minimum atomic E-state index is -4.22. The predicted octanol–water partition coefficient (Wildman–Crippen LogP) is 12.2. The van der Waals surface area contributed by atoms with Gasteiger partial charge in [-0.05, 0) is 97.5 Å². The van der Waals surface area contributed by atoms with E-state index in [1.165, 1.54) is 6.42 Å². The summed E-state index contributed by atoms with van der Waals surface area (Å²) in [7, 11) is 0. The quantitative estimate of drug-likeness (QED) is 0.0529. The van der Waals surface area contributed by atoms with Crippen LogP contribution in [0.4, 0.5) is 17.6 Å². The highest BCUT2D eigenvalue weighted by molar-refractivity contribution is 6.21. The normalized spacial score (nSPS) is 13.2. The fraction of sp³-hybridized carbons (Fsp3) is 0.341. The molecule has 4 nitrogen and oxygen atoms in total. The van der Waals surface area contributed by atoms with E-state index in [-0.39, 0.29) is 5.75 Å². The average molecular weight is 711 g/mol. The van der Waals surface area contributed by atoms with E-state index in [1.54, 1.807) is 24.3 Å². The molecule has 0 aliphatic heterocycles. The molecule has 0 amide bonds. The van der Waals surface area contributed by atoms with Gasteiger partial charge < -0.3 is 14.5 Å². The van der Waals surface area contributed by atoms with E-state index < -0.39 is 19.0 Å². The highest BCUT2D eigenvalue weighted by Crippen LogP contribution is 2.39. The summed E-state index contributed by atoms with van der Waals surface area (Å²) in [5, 5.41) is 18.7. The first kappa shape index (κ1) is 36.9. The maximum absolute atomic E-state index is 13.5. The van der Waals surface area contributed by atoms with Gasteiger partial charge in [-0.3, -0.25) is 0 Å². The van der Waals surface area contributed by atoms with Gasteiger partial charge in [0.15, 0.2) is 6.61 Å². The van der Waals surface area contributed by atoms with Crippen molar-refractivity contribution < 1.29 is 27.5 Å². The van der Waals surface area contributed by atoms with E-state index >= 15 is 0 Å². The van der Waals surface area contributed by atoms with Gasteiger partial charge in [0, 0.05) is 39.3 Å². The van der Waals surface area contributed by atoms with Gasteiger partial charge in [-0.25, -0.2) is 8.78 Å². The van der Waals surface area contributed by atoms with Crippen LogP contribution < -0.4 is 4.74 Å². The fourth-order valence-corrected chi connectivity index (χ4v) is 7.67. The second-order valence-electron chi connectivity index (χ2n) is 14.1. The largest absolute Gasteiger partial charge is 0.487 e. The Bertz CT molecular complexity index is 2210. The Kier molecular flexibility index (Phi) is 10.9. The topological polar surface area (TPSA) is 46.8 Å². The fourth-order valence-electron chi connectivity index (χ4n) is 7.67. The average Bonchev–Trinajstić information content (AvgIpc) is 3.43. The summed E-state index contributed by atoms with van der Waals surface area (Å²) in [5.74, 6) is -3.61. The number of oxime groups is 1. The predicted molar refractivity (Wildman–Crippen MR) is 204 cm³/mol. The molecule has 272 valence electrons. The van der Waals surface area contributed by atoms with Crippen molar-refractivity contribution in [2.45, 2.75) is 85.6 Å². The van der Waals surface area contributed by atoms with Crippen LogP contribution in [0.15, 0.2) is 90.1 Å². The van der Waals surface area contributed by atoms with Crippen molar-refractivity contribution in [1.82, 2.24) is 4.57 Å². The number of benzene rings is 5. The van der Waals surface area contributed by atoms with Crippen molar-refractivity contribution in [2.75, 3.05) is 6.61 Å². The maximum Gasteiger partial charge on any atom is 0.340 e. The first-order valence-electron chi connectivity index (χ1n) is 18.1. The summed E-state index contributed by atoms with van der Waals surface area (Å²) < 4.78 is 59.7. The lowest BCUT2D eigenvalue weighted by Gasteiger charge is -2.19. The van der Waals surface area contributed by atoms with Gasteiger partial charge >= 0.3 is 12.3 Å². The molecular formula is C44H46F4N2O2. The smallest absolute Gasteiger partial charge is 0.340 e. The van der Waals surface area contributed by atoms with E-state index in [0.717, 1.165) is 97.3 Å². The first-order chi connectivity index (χ1) is 24.9. The van der Waals surface area contributed by atoms with Gasteiger partial charge in [-0.15, -0.1) is 0 Å². The van der Waals surface area contributed by atoms with Gasteiger partial charge in [-0.2, -0.15) is 8.78 Å². The maximum atomic E-state index is 13.5. The standard InChI is InChI=1S/C44H46F4N2O2/c1-6-8-11-30(7-2)25-50-39-19-16-32(41(49-51)40-28(4)20-27(3)21-29(40)5)23-37(39)38-24-33(35-12-9-10-13-36(35)42(38)50)22-31-14-17-34(18-15-31)52-26-44(47,48)43(45)46/h9-10,12-21,23-24,30,43,51H,6-8,11,22,25-26H2,1-5H3. The van der Waals surface area contributed by atoms with Crippen molar-refractivity contribution in [3.05, 3.63) is 124 Å². The summed E-state index contributed by atoms with van der Waals surface area (Å²) in [6.07, 6.45) is 1.30. The highest BCUT2D eigenvalue weighted by Gasteiger charge is 2.41. The van der Waals surface area contributed by atoms with Crippen LogP contribution in [0.2, 0.25) is 0 Å². The zero-order valence-electron chi connectivity index (χ0n) is 30.4. The van der Waals surface area contributed by atoms with Crippen LogP contribution >= 0.6 is 0 Å². The molecule has 5 aromatic carbocycles. The molecule has 1 unspecified atom stereocenters. The molecule has 0 aliphatic carbocycles. The van der Waals surface area contributed by atoms with Crippen LogP contribution in [0.25, 0.3) is 32.6 Å². The monoisotopic (exact) mass is 710 g/mol. The van der Waals surface area contributed by atoms with Crippen LogP contribution in [0, 0.1) is 26.7 Å². The SMILES string of the molecule is CCCCC(CC)Cn1c2ccc(C(=NO)c3c(C)cc(C)cc3C)cc2c2cc(Cc3ccc(OCC(F)(F)C(F)F)cc3)c3ccccc3c21. The molecule has 0 saturated heterocycles. The van der Waals surface area contributed by atoms with Crippen LogP contribution in [-0.2, 0) is 13.0 Å². The van der Waals surface area contributed by atoms with E-state index in [4.69, 9.17) is 4.74 Å². The molecule has 0 fully saturated rings. The van der Waals surface area contributed by atoms with E-state index in [1.807, 2.05) is 19.9 Å². The molecule has 0 bridgehead atoms. The Morgan fingerprint density at radius 2 is 1.54 bits per heavy atom. The zero-order valence-corrected chi connectivity index (χ0v) is 30.4. The lowest BCUT2D eigenvalue weighted by molar-refractivity contribution is -0.148. The van der Waals surface area contributed by atoms with Crippen LogP contribution in [0.1, 0.15) is 78.5 Å². The number of halogens is 4. The number of aromatic nitrogens is 1. The zero-order chi connectivity index (χ0) is 37.2.